The van der Waals surface area contributed by atoms with E-state index in [-0.39, 0.29) is 12.5 Å². The van der Waals surface area contributed by atoms with E-state index >= 15 is 0 Å². The van der Waals surface area contributed by atoms with Crippen molar-refractivity contribution in [1.29, 1.82) is 0 Å². The number of carbonyl (C=O) groups excluding carboxylic acids is 1. The van der Waals surface area contributed by atoms with Gasteiger partial charge in [0.25, 0.3) is 0 Å². The van der Waals surface area contributed by atoms with Gasteiger partial charge in [-0.25, -0.2) is 0 Å². The molecule has 0 aromatic heterocycles. The molecule has 0 radical (unpaired) electrons. The Labute approximate surface area is 117 Å². The smallest absolute Gasteiger partial charge is 0.352 e. The van der Waals surface area contributed by atoms with Crippen molar-refractivity contribution in [3.63, 3.8) is 0 Å². The van der Waals surface area contributed by atoms with Crippen LogP contribution in [0, 0.1) is 11.8 Å². The molecule has 0 aromatic carbocycles. The summed E-state index contributed by atoms with van der Waals surface area (Å²) in [5.41, 5.74) is 0. The summed E-state index contributed by atoms with van der Waals surface area (Å²) in [4.78, 5) is 12.2. The number of amides is 1. The largest absolute Gasteiger partial charge is 0.392 e. The summed E-state index contributed by atoms with van der Waals surface area (Å²) in [5.74, 6) is -2.77. The Balaban J connectivity index is 1.92. The van der Waals surface area contributed by atoms with Crippen molar-refractivity contribution in [3.05, 3.63) is 0 Å². The average Bonchev–Trinajstić information content (AvgIpc) is 2.40. The molecule has 2 aliphatic rings. The first-order valence-electron chi connectivity index (χ1n) is 7.48. The lowest BCUT2D eigenvalue weighted by Crippen LogP contribution is -2.52. The molecule has 4 unspecified atom stereocenters. The summed E-state index contributed by atoms with van der Waals surface area (Å²) < 4.78 is 39.0. The van der Waals surface area contributed by atoms with Crippen LogP contribution in [0.5, 0.6) is 0 Å². The fraction of sp³-hybridized carbons (Fsp3) is 0.929. The van der Waals surface area contributed by atoms with Gasteiger partial charge in [-0.3, -0.25) is 4.79 Å². The summed E-state index contributed by atoms with van der Waals surface area (Å²) in [6, 6.07) is 0.385. The second kappa shape index (κ2) is 6.33. The van der Waals surface area contributed by atoms with E-state index < -0.39 is 23.9 Å². The summed E-state index contributed by atoms with van der Waals surface area (Å²) in [6.45, 7) is 2.72. The fourth-order valence-electron chi connectivity index (χ4n) is 3.27. The van der Waals surface area contributed by atoms with E-state index in [1.807, 2.05) is 0 Å². The van der Waals surface area contributed by atoms with Crippen LogP contribution in [0.4, 0.5) is 13.2 Å². The third-order valence-corrected chi connectivity index (χ3v) is 4.53. The first-order valence-corrected chi connectivity index (χ1v) is 7.48. The van der Waals surface area contributed by atoms with Crippen LogP contribution in [0.1, 0.15) is 45.4 Å². The molecule has 1 aliphatic heterocycles. The van der Waals surface area contributed by atoms with Gasteiger partial charge < -0.3 is 10.6 Å². The molecule has 0 bridgehead atoms. The first-order chi connectivity index (χ1) is 9.38. The minimum absolute atomic E-state index is 0.0329. The Hall–Kier alpha value is -0.780. The van der Waals surface area contributed by atoms with E-state index in [2.05, 4.69) is 17.6 Å². The van der Waals surface area contributed by atoms with E-state index in [9.17, 15) is 18.0 Å². The SMILES string of the molecule is CC1CCC(NC(=O)C2CCCCC2C(F)(F)F)CN1. The molecule has 1 aliphatic carbocycles. The Kier molecular flexibility index (Phi) is 4.94. The minimum Gasteiger partial charge on any atom is -0.352 e. The predicted octanol–water partition coefficient (Wildman–Crippen LogP) is 2.61. The number of carbonyl (C=O) groups is 1. The number of piperidine rings is 1. The monoisotopic (exact) mass is 292 g/mol. The van der Waals surface area contributed by atoms with Crippen LogP contribution >= 0.6 is 0 Å². The topological polar surface area (TPSA) is 41.1 Å². The summed E-state index contributed by atoms with van der Waals surface area (Å²) in [6.07, 6.45) is -0.765. The van der Waals surface area contributed by atoms with Gasteiger partial charge in [0, 0.05) is 24.5 Å². The number of hydrogen-bond donors (Lipinski definition) is 2. The van der Waals surface area contributed by atoms with Crippen molar-refractivity contribution in [1.82, 2.24) is 10.6 Å². The molecule has 4 atom stereocenters. The molecule has 2 N–H and O–H groups in total. The van der Waals surface area contributed by atoms with Gasteiger partial charge in [-0.2, -0.15) is 13.2 Å². The Morgan fingerprint density at radius 2 is 1.85 bits per heavy atom. The van der Waals surface area contributed by atoms with Gasteiger partial charge >= 0.3 is 6.18 Å². The van der Waals surface area contributed by atoms with Gasteiger partial charge in [-0.1, -0.05) is 12.8 Å². The Bertz CT molecular complexity index is 338. The van der Waals surface area contributed by atoms with Crippen molar-refractivity contribution >= 4 is 5.91 Å². The quantitative estimate of drug-likeness (QED) is 0.821. The fourth-order valence-corrected chi connectivity index (χ4v) is 3.27. The van der Waals surface area contributed by atoms with Crippen LogP contribution in [0.15, 0.2) is 0 Å². The normalized spacial score (nSPS) is 35.6. The zero-order valence-corrected chi connectivity index (χ0v) is 11.8. The molecule has 0 aromatic rings. The van der Waals surface area contributed by atoms with Crippen LogP contribution in [0.2, 0.25) is 0 Å². The second-order valence-electron chi connectivity index (χ2n) is 6.13. The van der Waals surface area contributed by atoms with Gasteiger partial charge in [0.05, 0.1) is 5.92 Å². The lowest BCUT2D eigenvalue weighted by Gasteiger charge is -2.34. The molecular formula is C14H23F3N2O. The zero-order chi connectivity index (χ0) is 14.8. The second-order valence-corrected chi connectivity index (χ2v) is 6.13. The van der Waals surface area contributed by atoms with Crippen LogP contribution in [0.25, 0.3) is 0 Å². The van der Waals surface area contributed by atoms with Crippen LogP contribution in [-0.2, 0) is 4.79 Å². The average molecular weight is 292 g/mol. The summed E-state index contributed by atoms with van der Waals surface area (Å²) >= 11 is 0. The molecule has 20 heavy (non-hydrogen) atoms. The molecule has 0 spiro atoms. The molecule has 3 nitrogen and oxygen atoms in total. The minimum atomic E-state index is -4.26. The molecule has 1 saturated carbocycles. The van der Waals surface area contributed by atoms with Crippen molar-refractivity contribution in [2.75, 3.05) is 6.54 Å². The van der Waals surface area contributed by atoms with Crippen LogP contribution < -0.4 is 10.6 Å². The third-order valence-electron chi connectivity index (χ3n) is 4.53. The van der Waals surface area contributed by atoms with Crippen LogP contribution in [-0.4, -0.2) is 30.7 Å². The maximum atomic E-state index is 13.0. The standard InChI is InChI=1S/C14H23F3N2O/c1-9-6-7-10(8-18-9)19-13(20)11-4-2-3-5-12(11)14(15,16)17/h9-12,18H,2-8H2,1H3,(H,19,20). The molecule has 2 rings (SSSR count). The highest BCUT2D eigenvalue weighted by Gasteiger charge is 2.48. The number of hydrogen-bond acceptors (Lipinski definition) is 2. The van der Waals surface area contributed by atoms with E-state index in [0.717, 1.165) is 12.8 Å². The van der Waals surface area contributed by atoms with Gasteiger partial charge in [-0.15, -0.1) is 0 Å². The Morgan fingerprint density at radius 3 is 2.45 bits per heavy atom. The lowest BCUT2D eigenvalue weighted by atomic mass is 9.78. The highest BCUT2D eigenvalue weighted by molar-refractivity contribution is 5.79. The summed E-state index contributed by atoms with van der Waals surface area (Å²) in [5, 5.41) is 6.05. The molecule has 2 fully saturated rings. The number of nitrogens with one attached hydrogen (secondary N) is 2. The molecular weight excluding hydrogens is 269 g/mol. The van der Waals surface area contributed by atoms with Gasteiger partial charge in [0.1, 0.15) is 0 Å². The first kappa shape index (κ1) is 15.6. The van der Waals surface area contributed by atoms with E-state index in [1.165, 1.54) is 0 Å². The maximum absolute atomic E-state index is 13.0. The number of halogens is 3. The number of rotatable bonds is 2. The molecule has 1 amide bonds. The molecule has 6 heteroatoms. The van der Waals surface area contributed by atoms with Crippen molar-refractivity contribution in [2.24, 2.45) is 11.8 Å². The van der Waals surface area contributed by atoms with Crippen molar-refractivity contribution in [3.8, 4) is 0 Å². The zero-order valence-electron chi connectivity index (χ0n) is 11.8. The lowest BCUT2D eigenvalue weighted by molar-refractivity contribution is -0.198. The molecule has 1 heterocycles. The Morgan fingerprint density at radius 1 is 1.15 bits per heavy atom. The van der Waals surface area contributed by atoms with Gasteiger partial charge in [0.15, 0.2) is 0 Å². The predicted molar refractivity (Wildman–Crippen MR) is 70.1 cm³/mol. The number of alkyl halides is 3. The van der Waals surface area contributed by atoms with Gasteiger partial charge in [-0.05, 0) is 32.6 Å². The summed E-state index contributed by atoms with van der Waals surface area (Å²) in [7, 11) is 0. The van der Waals surface area contributed by atoms with Crippen molar-refractivity contribution in [2.45, 2.75) is 63.7 Å². The van der Waals surface area contributed by atoms with Gasteiger partial charge in [0.2, 0.25) is 5.91 Å². The van der Waals surface area contributed by atoms with E-state index in [1.54, 1.807) is 0 Å². The molecule has 116 valence electrons. The maximum Gasteiger partial charge on any atom is 0.392 e. The third kappa shape index (κ3) is 3.87. The van der Waals surface area contributed by atoms with Crippen LogP contribution in [0.3, 0.4) is 0 Å². The van der Waals surface area contributed by atoms with E-state index in [0.29, 0.717) is 31.8 Å². The highest BCUT2D eigenvalue weighted by Crippen LogP contribution is 2.41. The highest BCUT2D eigenvalue weighted by atomic mass is 19.4. The molecule has 1 saturated heterocycles. The van der Waals surface area contributed by atoms with E-state index in [4.69, 9.17) is 0 Å². The van der Waals surface area contributed by atoms with Crippen molar-refractivity contribution < 1.29 is 18.0 Å².